The Morgan fingerprint density at radius 2 is 1.84 bits per heavy atom. The van der Waals surface area contributed by atoms with E-state index in [0.717, 1.165) is 22.2 Å². The van der Waals surface area contributed by atoms with Crippen molar-refractivity contribution in [2.45, 2.75) is 26.4 Å². The number of benzene rings is 2. The van der Waals surface area contributed by atoms with Gasteiger partial charge in [-0.3, -0.25) is 3.93 Å². The zero-order valence-electron chi connectivity index (χ0n) is 17.3. The minimum atomic E-state index is -0.602. The fraction of sp³-hybridized carbons (Fsp3) is 0.182. The summed E-state index contributed by atoms with van der Waals surface area (Å²) in [6, 6.07) is 15.4. The van der Waals surface area contributed by atoms with E-state index in [9.17, 15) is 4.79 Å². The number of para-hydroxylation sites is 1. The van der Waals surface area contributed by atoms with Gasteiger partial charge in [-0.2, -0.15) is 14.8 Å². The van der Waals surface area contributed by atoms with E-state index >= 15 is 0 Å². The number of hydrogen-bond donors (Lipinski definition) is 1. The molecule has 2 N–H and O–H groups in total. The minimum absolute atomic E-state index is 0.174. The highest BCUT2D eigenvalue weighted by atomic mass is 79.9. The summed E-state index contributed by atoms with van der Waals surface area (Å²) in [5, 5.41) is 4.94. The average molecular weight is 481 g/mol. The van der Waals surface area contributed by atoms with E-state index in [4.69, 9.17) is 10.5 Å². The summed E-state index contributed by atoms with van der Waals surface area (Å²) in [4.78, 5) is 21.1. The van der Waals surface area contributed by atoms with Crippen molar-refractivity contribution in [1.29, 1.82) is 0 Å². The number of nitrogens with zero attached hydrogens (tertiary/aromatic N) is 5. The number of halogens is 1. The monoisotopic (exact) mass is 480 g/mol. The van der Waals surface area contributed by atoms with Gasteiger partial charge in [-0.15, -0.1) is 0 Å². The number of fused-ring (bicyclic) bond motifs is 1. The van der Waals surface area contributed by atoms with Gasteiger partial charge in [0, 0.05) is 17.1 Å². The minimum Gasteiger partial charge on any atom is -0.442 e. The van der Waals surface area contributed by atoms with E-state index in [-0.39, 0.29) is 5.95 Å². The molecule has 0 spiro atoms. The molecule has 9 heteroatoms. The second-order valence-electron chi connectivity index (χ2n) is 7.91. The van der Waals surface area contributed by atoms with Crippen molar-refractivity contribution in [3.63, 3.8) is 0 Å². The fourth-order valence-electron chi connectivity index (χ4n) is 3.02. The van der Waals surface area contributed by atoms with E-state index in [1.54, 1.807) is 16.3 Å². The van der Waals surface area contributed by atoms with Gasteiger partial charge in [0.1, 0.15) is 5.60 Å². The van der Waals surface area contributed by atoms with Gasteiger partial charge in [0.15, 0.2) is 5.82 Å². The molecule has 31 heavy (non-hydrogen) atoms. The molecule has 4 rings (SSSR count). The van der Waals surface area contributed by atoms with Crippen LogP contribution < -0.4 is 9.66 Å². The largest absolute Gasteiger partial charge is 0.442 e. The molecule has 0 saturated heterocycles. The SMILES string of the molecule is CC(C)(C)OC(=O)n1cc(-c2ccc3nc(N)nc(N(Br)c4ccccc4)c3c2)cn1. The van der Waals surface area contributed by atoms with Gasteiger partial charge in [-0.05, 0) is 50.6 Å². The molecule has 0 aliphatic rings. The Morgan fingerprint density at radius 1 is 1.10 bits per heavy atom. The Kier molecular flexibility index (Phi) is 5.36. The molecule has 0 radical (unpaired) electrons. The van der Waals surface area contributed by atoms with Crippen LogP contribution in [0.2, 0.25) is 0 Å². The van der Waals surface area contributed by atoms with Crippen molar-refractivity contribution in [3.05, 3.63) is 60.9 Å². The third-order valence-corrected chi connectivity index (χ3v) is 5.10. The standard InChI is InChI=1S/C22H21BrN6O2/c1-22(2,3)31-21(30)28-13-15(12-25-28)14-9-10-18-17(11-14)19(27-20(24)26-18)29(23)16-7-5-4-6-8-16/h4-13H,1-3H3,(H2,24,26,27). The Hall–Kier alpha value is -3.46. The summed E-state index contributed by atoms with van der Waals surface area (Å²) in [7, 11) is 0. The quantitative estimate of drug-likeness (QED) is 0.396. The van der Waals surface area contributed by atoms with Crippen LogP contribution in [0.25, 0.3) is 22.0 Å². The lowest BCUT2D eigenvalue weighted by atomic mass is 10.1. The van der Waals surface area contributed by atoms with Gasteiger partial charge in [-0.25, -0.2) is 9.78 Å². The van der Waals surface area contributed by atoms with Crippen LogP contribution >= 0.6 is 16.1 Å². The number of carbonyl (C=O) groups excluding carboxylic acids is 1. The maximum atomic E-state index is 12.3. The number of carbonyl (C=O) groups is 1. The summed E-state index contributed by atoms with van der Waals surface area (Å²) in [5.41, 5.74) is 8.55. The Balaban J connectivity index is 1.75. The lowest BCUT2D eigenvalue weighted by Crippen LogP contribution is -2.27. The van der Waals surface area contributed by atoms with Crippen LogP contribution in [0, 0.1) is 0 Å². The van der Waals surface area contributed by atoms with Crippen molar-refractivity contribution in [2.75, 3.05) is 9.66 Å². The number of nitrogen functional groups attached to an aromatic ring is 1. The maximum Gasteiger partial charge on any atom is 0.435 e. The summed E-state index contributed by atoms with van der Waals surface area (Å²) >= 11 is 3.59. The number of nitrogens with two attached hydrogens (primary N) is 1. The van der Waals surface area contributed by atoms with Gasteiger partial charge in [0.05, 0.1) is 33.5 Å². The third-order valence-electron chi connectivity index (χ3n) is 4.36. The molecule has 0 saturated carbocycles. The molecule has 2 aromatic heterocycles. The first kappa shape index (κ1) is 20.8. The van der Waals surface area contributed by atoms with Crippen LogP contribution in [-0.4, -0.2) is 31.4 Å². The number of rotatable bonds is 3. The van der Waals surface area contributed by atoms with Gasteiger partial charge in [0.2, 0.25) is 5.95 Å². The van der Waals surface area contributed by atoms with E-state index in [0.29, 0.717) is 11.3 Å². The molecule has 0 bridgehead atoms. The van der Waals surface area contributed by atoms with Crippen LogP contribution in [-0.2, 0) is 4.74 Å². The lowest BCUT2D eigenvalue weighted by Gasteiger charge is -2.18. The summed E-state index contributed by atoms with van der Waals surface area (Å²) in [5.74, 6) is 0.781. The summed E-state index contributed by atoms with van der Waals surface area (Å²) < 4.78 is 8.34. The molecule has 0 amide bonds. The first-order chi connectivity index (χ1) is 14.7. The third kappa shape index (κ3) is 4.51. The van der Waals surface area contributed by atoms with Crippen LogP contribution in [0.5, 0.6) is 0 Å². The molecule has 4 aromatic rings. The predicted octanol–water partition coefficient (Wildman–Crippen LogP) is 5.31. The second kappa shape index (κ2) is 7.99. The summed E-state index contributed by atoms with van der Waals surface area (Å²) in [6.07, 6.45) is 2.72. The highest BCUT2D eigenvalue weighted by molar-refractivity contribution is 9.10. The van der Waals surface area contributed by atoms with Crippen LogP contribution in [0.1, 0.15) is 20.8 Å². The van der Waals surface area contributed by atoms with Crippen molar-refractivity contribution in [3.8, 4) is 11.1 Å². The Labute approximate surface area is 188 Å². The topological polar surface area (TPSA) is 99.2 Å². The molecule has 2 heterocycles. The molecular weight excluding hydrogens is 460 g/mol. The fourth-order valence-corrected chi connectivity index (χ4v) is 3.53. The molecule has 2 aromatic carbocycles. The molecule has 0 unspecified atom stereocenters. The maximum absolute atomic E-state index is 12.3. The zero-order valence-corrected chi connectivity index (χ0v) is 18.9. The van der Waals surface area contributed by atoms with Gasteiger partial charge >= 0.3 is 6.09 Å². The zero-order chi connectivity index (χ0) is 22.2. The molecule has 0 fully saturated rings. The van der Waals surface area contributed by atoms with Crippen molar-refractivity contribution >= 4 is 50.6 Å². The van der Waals surface area contributed by atoms with E-state index in [1.807, 2.05) is 69.3 Å². The van der Waals surface area contributed by atoms with Crippen LogP contribution in [0.3, 0.4) is 0 Å². The normalized spacial score (nSPS) is 11.5. The van der Waals surface area contributed by atoms with Gasteiger partial charge in [-0.1, -0.05) is 24.3 Å². The first-order valence-electron chi connectivity index (χ1n) is 9.58. The highest BCUT2D eigenvalue weighted by Crippen LogP contribution is 2.35. The van der Waals surface area contributed by atoms with Gasteiger partial charge < -0.3 is 10.5 Å². The number of aromatic nitrogens is 4. The first-order valence-corrected chi connectivity index (χ1v) is 10.3. The summed E-state index contributed by atoms with van der Waals surface area (Å²) in [6.45, 7) is 5.43. The molecule has 0 aliphatic heterocycles. The molecule has 0 atom stereocenters. The van der Waals surface area contributed by atoms with Crippen molar-refractivity contribution in [1.82, 2.24) is 19.7 Å². The number of ether oxygens (including phenoxy) is 1. The van der Waals surface area contributed by atoms with E-state index in [2.05, 4.69) is 31.2 Å². The molecule has 8 nitrogen and oxygen atoms in total. The van der Waals surface area contributed by atoms with E-state index in [1.165, 1.54) is 4.68 Å². The van der Waals surface area contributed by atoms with E-state index < -0.39 is 11.7 Å². The smallest absolute Gasteiger partial charge is 0.435 e. The Bertz CT molecular complexity index is 1250. The van der Waals surface area contributed by atoms with Crippen LogP contribution in [0.15, 0.2) is 60.9 Å². The molecule has 158 valence electrons. The van der Waals surface area contributed by atoms with Crippen molar-refractivity contribution < 1.29 is 9.53 Å². The Morgan fingerprint density at radius 3 is 2.55 bits per heavy atom. The molecular formula is C22H21BrN6O2. The lowest BCUT2D eigenvalue weighted by molar-refractivity contribution is 0.0514. The highest BCUT2D eigenvalue weighted by Gasteiger charge is 2.19. The predicted molar refractivity (Wildman–Crippen MR) is 124 cm³/mol. The van der Waals surface area contributed by atoms with Crippen molar-refractivity contribution in [2.24, 2.45) is 0 Å². The van der Waals surface area contributed by atoms with Crippen LogP contribution in [0.4, 0.5) is 22.2 Å². The average Bonchev–Trinajstić information content (AvgIpc) is 3.22. The second-order valence-corrected chi connectivity index (χ2v) is 8.62. The van der Waals surface area contributed by atoms with Gasteiger partial charge in [0.25, 0.3) is 0 Å². The number of anilines is 3. The molecule has 0 aliphatic carbocycles. The number of hydrogen-bond acceptors (Lipinski definition) is 7.